The zero-order valence-electron chi connectivity index (χ0n) is 7.04. The Hall–Kier alpha value is 1.05. The largest absolute Gasteiger partial charge is 0.159 e. The van der Waals surface area contributed by atoms with E-state index in [1.165, 1.54) is 35.9 Å². The van der Waals surface area contributed by atoms with Gasteiger partial charge >= 0.3 is 0 Å². The molecule has 0 spiro atoms. The molecule has 0 aromatic carbocycles. The van der Waals surface area contributed by atoms with E-state index in [1.54, 1.807) is 0 Å². The van der Waals surface area contributed by atoms with Crippen molar-refractivity contribution in [2.45, 2.75) is 24.3 Å². The van der Waals surface area contributed by atoms with Crippen LogP contribution in [0.1, 0.15) is 19.8 Å². The molecule has 0 aliphatic carbocycles. The van der Waals surface area contributed by atoms with Crippen molar-refractivity contribution in [1.29, 1.82) is 0 Å². The van der Waals surface area contributed by atoms with Gasteiger partial charge in [0.1, 0.15) is 0 Å². The summed E-state index contributed by atoms with van der Waals surface area (Å²) in [6.07, 6.45) is 2.74. The molecule has 1 saturated heterocycles. The lowest BCUT2D eigenvalue weighted by Crippen LogP contribution is -2.10. The van der Waals surface area contributed by atoms with Crippen LogP contribution >= 0.6 is 35.3 Å². The molecule has 0 nitrogen and oxygen atoms in total. The molecule has 0 bridgehead atoms. The summed E-state index contributed by atoms with van der Waals surface area (Å²) in [5.41, 5.74) is 0. The fourth-order valence-corrected chi connectivity index (χ4v) is 5.43. The highest BCUT2D eigenvalue weighted by molar-refractivity contribution is 8.19. The van der Waals surface area contributed by atoms with Gasteiger partial charge in [-0.25, -0.2) is 0 Å². The maximum atomic E-state index is 2.27. The predicted octanol–water partition coefficient (Wildman–Crippen LogP) is 3.33. The van der Waals surface area contributed by atoms with Crippen LogP contribution in [0, 0.1) is 0 Å². The third kappa shape index (κ3) is 4.58. The summed E-state index contributed by atoms with van der Waals surface area (Å²) >= 11 is 6.44. The van der Waals surface area contributed by atoms with Crippen LogP contribution in [0.4, 0.5) is 0 Å². The SMILES string of the molecule is CCCCSC1CSCCS1. The molecule has 1 atom stereocenters. The second kappa shape index (κ2) is 6.55. The molecule has 1 aliphatic rings. The molecular formula is C8H16S3. The summed E-state index contributed by atoms with van der Waals surface area (Å²) in [5, 5.41) is 0. The summed E-state index contributed by atoms with van der Waals surface area (Å²) < 4.78 is 0.903. The standard InChI is InChI=1S/C8H16S3/c1-2-3-4-10-8-7-9-5-6-11-8/h8H,2-7H2,1H3. The molecule has 1 rings (SSSR count). The highest BCUT2D eigenvalue weighted by Gasteiger charge is 2.13. The molecule has 1 heterocycles. The summed E-state index contributed by atoms with van der Waals surface area (Å²) in [7, 11) is 0. The minimum atomic E-state index is 0.903. The number of hydrogen-bond donors (Lipinski definition) is 0. The van der Waals surface area contributed by atoms with Crippen LogP contribution in [-0.2, 0) is 0 Å². The zero-order chi connectivity index (χ0) is 7.94. The van der Waals surface area contributed by atoms with Crippen LogP contribution in [0.2, 0.25) is 0 Å². The summed E-state index contributed by atoms with van der Waals surface area (Å²) in [5.74, 6) is 5.48. The van der Waals surface area contributed by atoms with Gasteiger partial charge in [0.05, 0.1) is 4.58 Å². The van der Waals surface area contributed by atoms with Crippen LogP contribution < -0.4 is 0 Å². The first-order valence-electron chi connectivity index (χ1n) is 4.24. The van der Waals surface area contributed by atoms with Gasteiger partial charge in [-0.2, -0.15) is 11.8 Å². The van der Waals surface area contributed by atoms with E-state index in [9.17, 15) is 0 Å². The molecule has 1 unspecified atom stereocenters. The first-order chi connectivity index (χ1) is 5.43. The highest BCUT2D eigenvalue weighted by Crippen LogP contribution is 2.32. The van der Waals surface area contributed by atoms with Crippen LogP contribution in [0.25, 0.3) is 0 Å². The van der Waals surface area contributed by atoms with Crippen molar-refractivity contribution in [2.75, 3.05) is 23.0 Å². The minimum absolute atomic E-state index is 0.903. The van der Waals surface area contributed by atoms with E-state index in [0.717, 1.165) is 4.58 Å². The number of unbranched alkanes of at least 4 members (excludes halogenated alkanes) is 1. The quantitative estimate of drug-likeness (QED) is 0.651. The second-order valence-corrected chi connectivity index (χ2v) is 6.67. The Balaban J connectivity index is 1.96. The predicted molar refractivity (Wildman–Crippen MR) is 60.9 cm³/mol. The Labute approximate surface area is 82.7 Å². The Bertz CT molecular complexity index is 89.3. The average molecular weight is 208 g/mol. The van der Waals surface area contributed by atoms with Crippen LogP contribution in [0.5, 0.6) is 0 Å². The van der Waals surface area contributed by atoms with E-state index >= 15 is 0 Å². The first-order valence-corrected chi connectivity index (χ1v) is 7.49. The van der Waals surface area contributed by atoms with Gasteiger partial charge in [-0.1, -0.05) is 13.3 Å². The zero-order valence-corrected chi connectivity index (χ0v) is 9.49. The first kappa shape index (κ1) is 10.1. The van der Waals surface area contributed by atoms with Gasteiger partial charge in [0, 0.05) is 17.3 Å². The molecule has 0 radical (unpaired) electrons. The van der Waals surface area contributed by atoms with Gasteiger partial charge in [-0.3, -0.25) is 0 Å². The number of thioether (sulfide) groups is 3. The van der Waals surface area contributed by atoms with E-state index in [4.69, 9.17) is 0 Å². The number of hydrogen-bond acceptors (Lipinski definition) is 3. The van der Waals surface area contributed by atoms with Crippen molar-refractivity contribution in [1.82, 2.24) is 0 Å². The molecule has 0 N–H and O–H groups in total. The highest BCUT2D eigenvalue weighted by atomic mass is 32.2. The van der Waals surface area contributed by atoms with E-state index in [-0.39, 0.29) is 0 Å². The molecule has 0 saturated carbocycles. The van der Waals surface area contributed by atoms with Gasteiger partial charge in [0.25, 0.3) is 0 Å². The third-order valence-corrected chi connectivity index (χ3v) is 6.19. The fraction of sp³-hybridized carbons (Fsp3) is 1.00. The van der Waals surface area contributed by atoms with E-state index < -0.39 is 0 Å². The summed E-state index contributed by atoms with van der Waals surface area (Å²) in [6.45, 7) is 2.27. The van der Waals surface area contributed by atoms with Gasteiger partial charge in [0.15, 0.2) is 0 Å². The topological polar surface area (TPSA) is 0 Å². The molecule has 1 fully saturated rings. The van der Waals surface area contributed by atoms with Gasteiger partial charge in [-0.05, 0) is 12.2 Å². The van der Waals surface area contributed by atoms with Gasteiger partial charge in [0.2, 0.25) is 0 Å². The molecule has 1 aliphatic heterocycles. The fourth-order valence-electron chi connectivity index (χ4n) is 0.921. The monoisotopic (exact) mass is 208 g/mol. The van der Waals surface area contributed by atoms with Crippen molar-refractivity contribution in [3.05, 3.63) is 0 Å². The Morgan fingerprint density at radius 3 is 3.00 bits per heavy atom. The lowest BCUT2D eigenvalue weighted by Gasteiger charge is -2.19. The Morgan fingerprint density at radius 2 is 2.36 bits per heavy atom. The summed E-state index contributed by atoms with van der Waals surface area (Å²) in [6, 6.07) is 0. The minimum Gasteiger partial charge on any atom is -0.159 e. The lowest BCUT2D eigenvalue weighted by molar-refractivity contribution is 0.896. The van der Waals surface area contributed by atoms with Crippen LogP contribution in [0.3, 0.4) is 0 Å². The van der Waals surface area contributed by atoms with E-state index in [2.05, 4.69) is 42.2 Å². The smallest absolute Gasteiger partial charge is 0.0593 e. The molecule has 0 amide bonds. The molecule has 66 valence electrons. The second-order valence-electron chi connectivity index (χ2n) is 2.60. The van der Waals surface area contributed by atoms with Crippen molar-refractivity contribution in [3.63, 3.8) is 0 Å². The molecular weight excluding hydrogens is 192 g/mol. The normalized spacial score (nSPS) is 25.4. The summed E-state index contributed by atoms with van der Waals surface area (Å²) in [4.78, 5) is 0. The average Bonchev–Trinajstić information content (AvgIpc) is 2.07. The molecule has 3 heteroatoms. The van der Waals surface area contributed by atoms with Crippen molar-refractivity contribution >= 4 is 35.3 Å². The van der Waals surface area contributed by atoms with Gasteiger partial charge < -0.3 is 0 Å². The van der Waals surface area contributed by atoms with E-state index in [0.29, 0.717) is 0 Å². The van der Waals surface area contributed by atoms with Crippen LogP contribution in [-0.4, -0.2) is 27.6 Å². The molecule has 11 heavy (non-hydrogen) atoms. The van der Waals surface area contributed by atoms with Crippen molar-refractivity contribution < 1.29 is 0 Å². The third-order valence-electron chi connectivity index (χ3n) is 1.59. The molecule has 0 aromatic rings. The maximum absolute atomic E-state index is 2.27. The van der Waals surface area contributed by atoms with Crippen molar-refractivity contribution in [2.24, 2.45) is 0 Å². The Morgan fingerprint density at radius 1 is 1.45 bits per heavy atom. The van der Waals surface area contributed by atoms with Gasteiger partial charge in [-0.15, -0.1) is 23.5 Å². The Kier molecular flexibility index (Phi) is 6.04. The lowest BCUT2D eigenvalue weighted by atomic mass is 10.4. The maximum Gasteiger partial charge on any atom is 0.0593 e. The number of rotatable bonds is 4. The van der Waals surface area contributed by atoms with Crippen molar-refractivity contribution in [3.8, 4) is 0 Å². The van der Waals surface area contributed by atoms with E-state index in [1.807, 2.05) is 0 Å². The molecule has 0 aromatic heterocycles. The van der Waals surface area contributed by atoms with Crippen LogP contribution in [0.15, 0.2) is 0 Å².